The molecule has 48 heavy (non-hydrogen) atoms. The Morgan fingerprint density at radius 3 is 2.02 bits per heavy atom. The number of fused-ring (bicyclic) bond motifs is 4. The normalized spacial score (nSPS) is 12.3. The predicted octanol–water partition coefficient (Wildman–Crippen LogP) is 11.1. The molecule has 5 aromatic rings. The number of rotatable bonds is 9. The third kappa shape index (κ3) is 7.94. The molecule has 0 aliphatic heterocycles. The van der Waals surface area contributed by atoms with Gasteiger partial charge in [0.05, 0.1) is 0 Å². The molecule has 0 atom stereocenters. The van der Waals surface area contributed by atoms with Crippen molar-refractivity contribution in [1.29, 1.82) is 5.26 Å². The van der Waals surface area contributed by atoms with Crippen LogP contribution < -0.4 is 4.40 Å². The van der Waals surface area contributed by atoms with Crippen molar-refractivity contribution in [2.75, 3.05) is 0 Å². The van der Waals surface area contributed by atoms with Gasteiger partial charge in [-0.25, -0.2) is 0 Å². The van der Waals surface area contributed by atoms with Crippen LogP contribution in [0.3, 0.4) is 0 Å². The summed E-state index contributed by atoms with van der Waals surface area (Å²) in [5.74, 6) is 7.59. The Labute approximate surface area is 303 Å². The fraction of sp³-hybridized carbons (Fsp3) is 0.357. The van der Waals surface area contributed by atoms with E-state index in [1.54, 1.807) is 0 Å². The van der Waals surface area contributed by atoms with Gasteiger partial charge < -0.3 is 5.11 Å². The van der Waals surface area contributed by atoms with Gasteiger partial charge in [0.2, 0.25) is 0 Å². The number of ketones is 1. The second-order valence-electron chi connectivity index (χ2n) is 14.2. The third-order valence-electron chi connectivity index (χ3n) is 10.4. The Hall–Kier alpha value is -3.30. The summed E-state index contributed by atoms with van der Waals surface area (Å²) in [6.45, 7) is 12.1. The van der Waals surface area contributed by atoms with Crippen LogP contribution in [0.15, 0.2) is 84.8 Å². The number of allylic oxidation sites excluding steroid dienone is 2. The van der Waals surface area contributed by atoms with Crippen LogP contribution in [0, 0.1) is 28.2 Å². The minimum absolute atomic E-state index is 0. The van der Waals surface area contributed by atoms with Crippen LogP contribution in [0.25, 0.3) is 43.6 Å². The quantitative estimate of drug-likeness (QED) is 0.0526. The topological polar surface area (TPSA) is 74.0 Å². The molecule has 0 unspecified atom stereocenters. The van der Waals surface area contributed by atoms with Gasteiger partial charge in [-0.15, -0.1) is 0 Å². The van der Waals surface area contributed by atoms with Crippen molar-refractivity contribution in [2.45, 2.75) is 84.5 Å². The van der Waals surface area contributed by atoms with Crippen LogP contribution in [0.4, 0.5) is 0 Å². The number of pyridine rings is 1. The van der Waals surface area contributed by atoms with Crippen molar-refractivity contribution in [2.24, 2.45) is 10.8 Å². The Bertz CT molecular complexity index is 1990. The SMILES string of the molecule is CCC(C)(CC)C(=O)/C=C(\O)C(C)(CC)CC.[CH3][Ge]([CH3])([CH3])[c]1cccc2c1ccc1c(-c3[c-]c4ccccc4c(C#N)c3)nccc12.[Ir]. The Kier molecular flexibility index (Phi) is 13.0. The van der Waals surface area contributed by atoms with Gasteiger partial charge in [-0.1, -0.05) is 41.5 Å². The number of aliphatic hydroxyl groups is 1. The van der Waals surface area contributed by atoms with E-state index < -0.39 is 13.3 Å². The van der Waals surface area contributed by atoms with Gasteiger partial charge in [-0.2, -0.15) is 0 Å². The maximum absolute atomic E-state index is 12.2. The zero-order valence-corrected chi connectivity index (χ0v) is 34.4. The number of hydrogen-bond acceptors (Lipinski definition) is 4. The molecule has 4 aromatic carbocycles. The zero-order valence-electron chi connectivity index (χ0n) is 29.9. The van der Waals surface area contributed by atoms with Gasteiger partial charge in [-0.3, -0.25) is 4.79 Å². The first kappa shape index (κ1) is 39.1. The molecule has 4 nitrogen and oxygen atoms in total. The molecule has 0 amide bonds. The molecule has 0 bridgehead atoms. The summed E-state index contributed by atoms with van der Waals surface area (Å²) < 4.78 is 1.52. The van der Waals surface area contributed by atoms with Crippen LogP contribution in [0.2, 0.25) is 17.3 Å². The second kappa shape index (κ2) is 15.9. The molecule has 253 valence electrons. The van der Waals surface area contributed by atoms with Crippen molar-refractivity contribution in [3.8, 4) is 17.3 Å². The molecule has 1 aromatic heterocycles. The maximum atomic E-state index is 12.2. The average Bonchev–Trinajstić information content (AvgIpc) is 3.09. The van der Waals surface area contributed by atoms with Crippen molar-refractivity contribution in [1.82, 2.24) is 4.98 Å². The first-order chi connectivity index (χ1) is 22.3. The summed E-state index contributed by atoms with van der Waals surface area (Å²) in [5, 5.41) is 26.6. The van der Waals surface area contributed by atoms with Crippen molar-refractivity contribution in [3.63, 3.8) is 0 Å². The molecule has 0 aliphatic carbocycles. The number of hydrogen-bond donors (Lipinski definition) is 1. The molecule has 0 aliphatic rings. The van der Waals surface area contributed by atoms with E-state index in [1.807, 2.05) is 78.1 Å². The Balaban J connectivity index is 0.000000301. The van der Waals surface area contributed by atoms with Gasteiger partial charge in [0.1, 0.15) is 5.76 Å². The Morgan fingerprint density at radius 1 is 0.833 bits per heavy atom. The molecule has 6 heteroatoms. The van der Waals surface area contributed by atoms with Gasteiger partial charge >= 0.3 is 179 Å². The third-order valence-corrected chi connectivity index (χ3v) is 14.7. The van der Waals surface area contributed by atoms with E-state index in [9.17, 15) is 15.2 Å². The van der Waals surface area contributed by atoms with Crippen LogP contribution in [0.5, 0.6) is 0 Å². The van der Waals surface area contributed by atoms with Gasteiger partial charge in [0.25, 0.3) is 0 Å². The van der Waals surface area contributed by atoms with Gasteiger partial charge in [0.15, 0.2) is 5.78 Å². The minimum Gasteiger partial charge on any atom is 0 e. The summed E-state index contributed by atoms with van der Waals surface area (Å²) in [7, 11) is 0. The number of aliphatic hydroxyl groups excluding tert-OH is 1. The molecule has 1 radical (unpaired) electrons. The summed E-state index contributed by atoms with van der Waals surface area (Å²) in [6, 6.07) is 28.9. The molecular formula is C42H49GeIrN2O2-. The fourth-order valence-corrected chi connectivity index (χ4v) is 9.43. The largest absolute Gasteiger partial charge is 0 e. The van der Waals surface area contributed by atoms with E-state index in [1.165, 1.54) is 26.6 Å². The van der Waals surface area contributed by atoms with E-state index in [2.05, 4.69) is 65.8 Å². The molecule has 0 saturated carbocycles. The molecule has 0 saturated heterocycles. The first-order valence-electron chi connectivity index (χ1n) is 16.9. The number of carbonyl (C=O) groups excluding carboxylic acids is 1. The van der Waals surface area contributed by atoms with Crippen LogP contribution in [-0.2, 0) is 24.9 Å². The molecule has 1 heterocycles. The smallest absolute Gasteiger partial charge is 0 e. The number of carbonyl (C=O) groups is 1. The molecule has 5 rings (SSSR count). The second-order valence-corrected chi connectivity index (χ2v) is 24.7. The Morgan fingerprint density at radius 2 is 1.42 bits per heavy atom. The van der Waals surface area contributed by atoms with E-state index >= 15 is 0 Å². The van der Waals surface area contributed by atoms with Crippen molar-refractivity contribution >= 4 is 55.8 Å². The summed E-state index contributed by atoms with van der Waals surface area (Å²) in [6.07, 6.45) is 6.63. The van der Waals surface area contributed by atoms with Crippen molar-refractivity contribution < 1.29 is 30.0 Å². The van der Waals surface area contributed by atoms with E-state index in [-0.39, 0.29) is 42.5 Å². The molecular weight excluding hydrogens is 829 g/mol. The maximum Gasteiger partial charge on any atom is 0 e. The standard InChI is InChI=1S/C27H21GeN2.C15H28O2.Ir/c1-28(2,3)26-10-6-9-22-23-13-14-30-27(25(23)12-11-24(22)26)19-15-18-7-4-5-8-21(18)20(16-19)17-29;1-7-14(5,8-2)12(16)11-13(17)15(6,9-3)10-4;/h4-14,16H,1-3H3;11,16H,7-10H2,1-6H3;/q-1;;/b;12-11-;. The van der Waals surface area contributed by atoms with Crippen LogP contribution in [0.1, 0.15) is 72.8 Å². The van der Waals surface area contributed by atoms with Gasteiger partial charge in [0, 0.05) is 37.0 Å². The van der Waals surface area contributed by atoms with Gasteiger partial charge in [-0.05, 0) is 25.7 Å². The average molecular weight is 879 g/mol. The van der Waals surface area contributed by atoms with E-state index in [0.29, 0.717) is 5.56 Å². The molecule has 1 N–H and O–H groups in total. The van der Waals surface area contributed by atoms with E-state index in [0.717, 1.165) is 53.1 Å². The van der Waals surface area contributed by atoms with Crippen LogP contribution >= 0.6 is 0 Å². The van der Waals surface area contributed by atoms with Crippen molar-refractivity contribution in [3.05, 3.63) is 96.4 Å². The predicted molar refractivity (Wildman–Crippen MR) is 202 cm³/mol. The van der Waals surface area contributed by atoms with Crippen LogP contribution in [-0.4, -0.2) is 29.1 Å². The fourth-order valence-electron chi connectivity index (χ4n) is 6.03. The first-order valence-corrected chi connectivity index (χ1v) is 24.2. The number of nitrogens with zero attached hydrogens (tertiary/aromatic N) is 2. The number of benzene rings is 4. The van der Waals surface area contributed by atoms with E-state index in [4.69, 9.17) is 4.98 Å². The number of nitriles is 1. The zero-order chi connectivity index (χ0) is 34.6. The summed E-state index contributed by atoms with van der Waals surface area (Å²) in [5.41, 5.74) is 1.79. The monoisotopic (exact) mass is 880 g/mol. The number of aromatic nitrogens is 1. The minimum atomic E-state index is -2.00. The molecule has 0 spiro atoms. The molecule has 0 fully saturated rings. The summed E-state index contributed by atoms with van der Waals surface area (Å²) >= 11 is -2.00. The summed E-state index contributed by atoms with van der Waals surface area (Å²) in [4.78, 5) is 16.9.